The van der Waals surface area contributed by atoms with Crippen LogP contribution in [0.1, 0.15) is 47.5 Å². The van der Waals surface area contributed by atoms with Crippen LogP contribution < -0.4 is 10.6 Å². The van der Waals surface area contributed by atoms with E-state index in [-0.39, 0.29) is 4.75 Å². The summed E-state index contributed by atoms with van der Waals surface area (Å²) >= 11 is 1.86. The minimum atomic E-state index is 0.195. The third kappa shape index (κ3) is 7.41. The number of nitrogens with one attached hydrogen (secondary N) is 2. The Bertz CT molecular complexity index is 322. The van der Waals surface area contributed by atoms with E-state index in [0.29, 0.717) is 6.04 Å². The monoisotopic (exact) mass is 314 g/mol. The highest BCUT2D eigenvalue weighted by Gasteiger charge is 2.30. The predicted octanol–water partition coefficient (Wildman–Crippen LogP) is 2.56. The summed E-state index contributed by atoms with van der Waals surface area (Å²) in [5, 5.41) is 6.81. The molecule has 0 atom stereocenters. The molecule has 1 fully saturated rings. The lowest BCUT2D eigenvalue weighted by Gasteiger charge is -2.27. The Morgan fingerprint density at radius 1 is 1.33 bits per heavy atom. The van der Waals surface area contributed by atoms with Gasteiger partial charge < -0.3 is 10.6 Å². The van der Waals surface area contributed by atoms with Gasteiger partial charge >= 0.3 is 0 Å². The molecule has 0 unspecified atom stereocenters. The zero-order chi connectivity index (χ0) is 15.9. The summed E-state index contributed by atoms with van der Waals surface area (Å²) in [6.45, 7) is 15.0. The van der Waals surface area contributed by atoms with Crippen LogP contribution in [-0.4, -0.2) is 60.1 Å². The number of rotatable bonds is 9. The lowest BCUT2D eigenvalue weighted by molar-refractivity contribution is 0.215. The molecule has 0 heterocycles. The lowest BCUT2D eigenvalue weighted by atomic mass is 10.2. The van der Waals surface area contributed by atoms with Crippen molar-refractivity contribution in [1.29, 1.82) is 0 Å². The Hall–Kier alpha value is -0.420. The highest BCUT2D eigenvalue weighted by molar-refractivity contribution is 7.99. The quantitative estimate of drug-likeness (QED) is 0.507. The van der Waals surface area contributed by atoms with Gasteiger partial charge in [-0.25, -0.2) is 0 Å². The predicted molar refractivity (Wildman–Crippen MR) is 96.4 cm³/mol. The van der Waals surface area contributed by atoms with Crippen LogP contribution in [0.5, 0.6) is 0 Å². The fourth-order valence-corrected chi connectivity index (χ4v) is 2.44. The maximum atomic E-state index is 4.71. The van der Waals surface area contributed by atoms with E-state index in [9.17, 15) is 0 Å². The standard InChI is InChI=1S/C16H34N4S/c1-7-17-15(19-12-16(4,5)21-6)18-10-11-20(13(2)3)14-8-9-14/h13-14H,7-12H2,1-6H3,(H2,17,18,19). The molecule has 0 aliphatic heterocycles. The molecule has 4 nitrogen and oxygen atoms in total. The van der Waals surface area contributed by atoms with Gasteiger partial charge in [0.2, 0.25) is 0 Å². The summed E-state index contributed by atoms with van der Waals surface area (Å²) in [6.07, 6.45) is 4.88. The van der Waals surface area contributed by atoms with Gasteiger partial charge in [0.1, 0.15) is 0 Å². The number of nitrogens with zero attached hydrogens (tertiary/aromatic N) is 2. The van der Waals surface area contributed by atoms with Crippen molar-refractivity contribution in [2.45, 2.75) is 64.3 Å². The average molecular weight is 315 g/mol. The summed E-state index contributed by atoms with van der Waals surface area (Å²) in [5.41, 5.74) is 0. The molecule has 0 aromatic heterocycles. The smallest absolute Gasteiger partial charge is 0.191 e. The van der Waals surface area contributed by atoms with Gasteiger partial charge in [-0.3, -0.25) is 9.89 Å². The number of aliphatic imine (C=N–C) groups is 1. The molecular formula is C16H34N4S. The largest absolute Gasteiger partial charge is 0.357 e. The van der Waals surface area contributed by atoms with Crippen LogP contribution in [0.4, 0.5) is 0 Å². The van der Waals surface area contributed by atoms with Gasteiger partial charge in [0.05, 0.1) is 6.54 Å². The fourth-order valence-electron chi connectivity index (χ4n) is 2.25. The van der Waals surface area contributed by atoms with Gasteiger partial charge in [0.25, 0.3) is 0 Å². The van der Waals surface area contributed by atoms with Gasteiger partial charge in [0, 0.05) is 36.5 Å². The van der Waals surface area contributed by atoms with E-state index in [4.69, 9.17) is 4.99 Å². The van der Waals surface area contributed by atoms with Crippen molar-refractivity contribution in [3.8, 4) is 0 Å². The third-order valence-corrected chi connectivity index (χ3v) is 5.09. The molecular weight excluding hydrogens is 280 g/mol. The first-order chi connectivity index (χ1) is 9.89. The average Bonchev–Trinajstić information content (AvgIpc) is 3.24. The molecule has 0 saturated heterocycles. The molecule has 0 spiro atoms. The molecule has 0 aromatic rings. The molecule has 0 bridgehead atoms. The van der Waals surface area contributed by atoms with E-state index < -0.39 is 0 Å². The van der Waals surface area contributed by atoms with E-state index in [2.05, 4.69) is 56.4 Å². The maximum Gasteiger partial charge on any atom is 0.191 e. The van der Waals surface area contributed by atoms with E-state index in [0.717, 1.165) is 38.2 Å². The van der Waals surface area contributed by atoms with Crippen LogP contribution in [0.2, 0.25) is 0 Å². The number of thioether (sulfide) groups is 1. The van der Waals surface area contributed by atoms with Gasteiger partial charge in [-0.05, 0) is 53.7 Å². The normalized spacial score (nSPS) is 16.7. The fraction of sp³-hybridized carbons (Fsp3) is 0.938. The minimum absolute atomic E-state index is 0.195. The summed E-state index contributed by atoms with van der Waals surface area (Å²) in [4.78, 5) is 7.31. The van der Waals surface area contributed by atoms with E-state index in [1.54, 1.807) is 0 Å². The molecule has 0 radical (unpaired) electrons. The summed E-state index contributed by atoms with van der Waals surface area (Å²) < 4.78 is 0.195. The van der Waals surface area contributed by atoms with Gasteiger partial charge in [-0.2, -0.15) is 11.8 Å². The second-order valence-corrected chi connectivity index (χ2v) is 8.16. The van der Waals surface area contributed by atoms with E-state index in [1.807, 2.05) is 11.8 Å². The van der Waals surface area contributed by atoms with Crippen LogP contribution in [-0.2, 0) is 0 Å². The number of hydrogen-bond donors (Lipinski definition) is 2. The molecule has 5 heteroatoms. The highest BCUT2D eigenvalue weighted by Crippen LogP contribution is 2.27. The molecule has 0 amide bonds. The van der Waals surface area contributed by atoms with Crippen molar-refractivity contribution in [2.75, 3.05) is 32.4 Å². The Morgan fingerprint density at radius 3 is 2.48 bits per heavy atom. The molecule has 1 rings (SSSR count). The topological polar surface area (TPSA) is 39.7 Å². The summed E-state index contributed by atoms with van der Waals surface area (Å²) in [6, 6.07) is 1.45. The zero-order valence-electron chi connectivity index (χ0n) is 14.7. The third-order valence-electron chi connectivity index (χ3n) is 3.86. The first-order valence-corrected chi connectivity index (χ1v) is 9.45. The Kier molecular flexibility index (Phi) is 7.88. The van der Waals surface area contributed by atoms with Gasteiger partial charge in [-0.15, -0.1) is 0 Å². The molecule has 1 saturated carbocycles. The maximum absolute atomic E-state index is 4.71. The minimum Gasteiger partial charge on any atom is -0.357 e. The summed E-state index contributed by atoms with van der Waals surface area (Å²) in [5.74, 6) is 0.944. The zero-order valence-corrected chi connectivity index (χ0v) is 15.5. The van der Waals surface area contributed by atoms with Crippen LogP contribution >= 0.6 is 11.8 Å². The van der Waals surface area contributed by atoms with Crippen molar-refractivity contribution in [2.24, 2.45) is 4.99 Å². The van der Waals surface area contributed by atoms with Crippen molar-refractivity contribution >= 4 is 17.7 Å². The van der Waals surface area contributed by atoms with Crippen LogP contribution in [0.3, 0.4) is 0 Å². The number of hydrogen-bond acceptors (Lipinski definition) is 3. The number of guanidine groups is 1. The van der Waals surface area contributed by atoms with E-state index in [1.165, 1.54) is 12.8 Å². The second kappa shape index (κ2) is 8.89. The Balaban J connectivity index is 2.41. The van der Waals surface area contributed by atoms with Crippen molar-refractivity contribution in [3.63, 3.8) is 0 Å². The Labute approximate surface area is 135 Å². The van der Waals surface area contributed by atoms with Crippen LogP contribution in [0.15, 0.2) is 4.99 Å². The highest BCUT2D eigenvalue weighted by atomic mass is 32.2. The van der Waals surface area contributed by atoms with Gasteiger partial charge in [-0.1, -0.05) is 0 Å². The second-order valence-electron chi connectivity index (χ2n) is 6.65. The first-order valence-electron chi connectivity index (χ1n) is 8.22. The molecule has 2 N–H and O–H groups in total. The van der Waals surface area contributed by atoms with Crippen molar-refractivity contribution < 1.29 is 0 Å². The molecule has 1 aliphatic rings. The molecule has 21 heavy (non-hydrogen) atoms. The van der Waals surface area contributed by atoms with Gasteiger partial charge in [0.15, 0.2) is 5.96 Å². The molecule has 1 aliphatic carbocycles. The van der Waals surface area contributed by atoms with Crippen molar-refractivity contribution in [3.05, 3.63) is 0 Å². The van der Waals surface area contributed by atoms with Crippen LogP contribution in [0.25, 0.3) is 0 Å². The summed E-state index contributed by atoms with van der Waals surface area (Å²) in [7, 11) is 0. The first kappa shape index (κ1) is 18.6. The van der Waals surface area contributed by atoms with E-state index >= 15 is 0 Å². The van der Waals surface area contributed by atoms with Crippen molar-refractivity contribution in [1.82, 2.24) is 15.5 Å². The lowest BCUT2D eigenvalue weighted by Crippen LogP contribution is -2.44. The SMILES string of the molecule is CCNC(=NCC(C)(C)SC)NCCN(C(C)C)C1CC1. The molecule has 0 aromatic carbocycles. The molecule has 124 valence electrons. The van der Waals surface area contributed by atoms with Crippen LogP contribution in [0, 0.1) is 0 Å². The Morgan fingerprint density at radius 2 is 2.00 bits per heavy atom.